The minimum Gasteiger partial charge on any atom is -0.305 e. The van der Waals surface area contributed by atoms with Crippen LogP contribution in [0.15, 0.2) is 6.07 Å². The smallest absolute Gasteiger partial charge is 0.305 e. The van der Waals surface area contributed by atoms with Crippen LogP contribution in [-0.4, -0.2) is 28.9 Å². The average Bonchev–Trinajstić information content (AvgIpc) is 2.46. The van der Waals surface area contributed by atoms with Crippen LogP contribution in [0.2, 0.25) is 0 Å². The van der Waals surface area contributed by atoms with Gasteiger partial charge in [0.25, 0.3) is 0 Å². The lowest BCUT2D eigenvalue weighted by Crippen LogP contribution is -2.22. The molecule has 0 aromatic carbocycles. The Morgan fingerprint density at radius 3 is 2.20 bits per heavy atom. The van der Waals surface area contributed by atoms with E-state index in [0.717, 1.165) is 0 Å². The third-order valence-corrected chi connectivity index (χ3v) is 4.75. The quantitative estimate of drug-likeness (QED) is 0.545. The maximum atomic E-state index is 12.3. The van der Waals surface area contributed by atoms with Crippen molar-refractivity contribution in [3.8, 4) is 0 Å². The highest BCUT2D eigenvalue weighted by atomic mass is 32.1. The van der Waals surface area contributed by atoms with Gasteiger partial charge in [0.1, 0.15) is 15.7 Å². The highest BCUT2D eigenvalue weighted by Gasteiger charge is 2.29. The van der Waals surface area contributed by atoms with Crippen molar-refractivity contribution in [2.75, 3.05) is 13.2 Å². The minimum absolute atomic E-state index is 0.298. The lowest BCUT2D eigenvalue weighted by molar-refractivity contribution is 0.230. The molecule has 0 spiro atoms. The predicted molar refractivity (Wildman–Crippen MR) is 65.6 cm³/mol. The first-order valence-electron chi connectivity index (χ1n) is 4.58. The Hall–Kier alpha value is -0.0201. The van der Waals surface area contributed by atoms with E-state index in [1.165, 1.54) is 11.3 Å². The molecule has 0 unspecified atom stereocenters. The van der Waals surface area contributed by atoms with Crippen LogP contribution in [0.3, 0.4) is 0 Å². The highest BCUT2D eigenvalue weighted by molar-refractivity contribution is 7.64. The first-order valence-corrected chi connectivity index (χ1v) is 6.93. The van der Waals surface area contributed by atoms with Gasteiger partial charge in [-0.2, -0.15) is 11.3 Å². The van der Waals surface area contributed by atoms with Crippen molar-refractivity contribution in [2.24, 2.45) is 0 Å². The van der Waals surface area contributed by atoms with Crippen molar-refractivity contribution in [3.05, 3.63) is 6.07 Å². The zero-order valence-electron chi connectivity index (χ0n) is 8.73. The van der Waals surface area contributed by atoms with Gasteiger partial charge in [-0.3, -0.25) is 4.57 Å². The Morgan fingerprint density at radius 1 is 1.33 bits per heavy atom. The maximum absolute atomic E-state index is 12.3. The van der Waals surface area contributed by atoms with Crippen molar-refractivity contribution >= 4 is 49.5 Å². The predicted octanol–water partition coefficient (Wildman–Crippen LogP) is 0.227. The fourth-order valence-corrected chi connectivity index (χ4v) is 3.90. The van der Waals surface area contributed by atoms with Crippen molar-refractivity contribution in [1.82, 2.24) is 0 Å². The van der Waals surface area contributed by atoms with Gasteiger partial charge in [0, 0.05) is 0 Å². The fraction of sp³-hybridized carbons (Fsp3) is 0.500. The summed E-state index contributed by atoms with van der Waals surface area (Å²) in [6.07, 6.45) is 0. The SMILES string of the molecule is [B]c1cc(P(=O)(OCC)OCC)c([B])s1. The third-order valence-electron chi connectivity index (χ3n) is 1.65. The Labute approximate surface area is 96.5 Å². The Morgan fingerprint density at radius 2 is 1.87 bits per heavy atom. The largest absolute Gasteiger partial charge is 0.361 e. The lowest BCUT2D eigenvalue weighted by atomic mass is 10.1. The molecule has 0 saturated heterocycles. The summed E-state index contributed by atoms with van der Waals surface area (Å²) in [7, 11) is 7.99. The molecule has 0 fully saturated rings. The van der Waals surface area contributed by atoms with Crippen LogP contribution in [-0.2, 0) is 13.6 Å². The fourth-order valence-electron chi connectivity index (χ4n) is 1.14. The van der Waals surface area contributed by atoms with Gasteiger partial charge >= 0.3 is 7.60 Å². The van der Waals surface area contributed by atoms with E-state index in [1.807, 2.05) is 0 Å². The van der Waals surface area contributed by atoms with E-state index in [-0.39, 0.29) is 0 Å². The van der Waals surface area contributed by atoms with Crippen LogP contribution < -0.4 is 14.9 Å². The van der Waals surface area contributed by atoms with Crippen LogP contribution in [0.4, 0.5) is 0 Å². The molecule has 0 aliphatic heterocycles. The number of rotatable bonds is 5. The van der Waals surface area contributed by atoms with Gasteiger partial charge in [0.2, 0.25) is 0 Å². The first kappa shape index (κ1) is 13.0. The minimum atomic E-state index is -3.28. The second-order valence-corrected chi connectivity index (χ2v) is 5.84. The molecule has 7 heteroatoms. The Kier molecular flexibility index (Phi) is 4.65. The van der Waals surface area contributed by atoms with Crippen molar-refractivity contribution in [2.45, 2.75) is 13.8 Å². The van der Waals surface area contributed by atoms with Gasteiger partial charge in [-0.05, 0) is 29.5 Å². The maximum Gasteiger partial charge on any atom is 0.361 e. The van der Waals surface area contributed by atoms with Crippen molar-refractivity contribution in [1.29, 1.82) is 0 Å². The average molecular weight is 240 g/mol. The molecule has 3 nitrogen and oxygen atoms in total. The topological polar surface area (TPSA) is 35.5 Å². The molecule has 0 amide bonds. The van der Waals surface area contributed by atoms with Crippen molar-refractivity contribution < 1.29 is 13.6 Å². The highest BCUT2D eigenvalue weighted by Crippen LogP contribution is 2.46. The molecule has 78 valence electrons. The molecular weight excluding hydrogens is 229 g/mol. The molecule has 1 aromatic rings. The summed E-state index contributed by atoms with van der Waals surface area (Å²) in [5.41, 5.74) is 0. The summed E-state index contributed by atoms with van der Waals surface area (Å²) in [5.74, 6) is 0. The van der Waals surface area contributed by atoms with E-state index in [1.54, 1.807) is 19.9 Å². The second kappa shape index (κ2) is 5.35. The molecule has 0 aliphatic carbocycles. The van der Waals surface area contributed by atoms with Crippen LogP contribution >= 0.6 is 18.9 Å². The van der Waals surface area contributed by atoms with E-state index < -0.39 is 7.60 Å². The molecule has 1 aromatic heterocycles. The van der Waals surface area contributed by atoms with E-state index in [2.05, 4.69) is 0 Å². The second-order valence-electron chi connectivity index (χ2n) is 2.73. The molecule has 0 N–H and O–H groups in total. The Bertz CT molecular complexity index is 370. The zero-order valence-corrected chi connectivity index (χ0v) is 10.4. The van der Waals surface area contributed by atoms with Gasteiger partial charge in [-0.25, -0.2) is 0 Å². The molecule has 0 bridgehead atoms. The molecule has 0 atom stereocenters. The van der Waals surface area contributed by atoms with Gasteiger partial charge in [0.15, 0.2) is 0 Å². The lowest BCUT2D eigenvalue weighted by Gasteiger charge is -2.16. The molecule has 15 heavy (non-hydrogen) atoms. The summed E-state index contributed by atoms with van der Waals surface area (Å²) < 4.78 is 23.5. The zero-order chi connectivity index (χ0) is 11.5. The standard InChI is InChI=1S/C8H11B2O3PS/c1-3-12-14(11,13-4-2)6-5-7(9)15-8(6)10/h5H,3-4H2,1-2H3. The Balaban J connectivity index is 3.08. The third kappa shape index (κ3) is 2.97. The molecule has 0 saturated carbocycles. The van der Waals surface area contributed by atoms with Crippen LogP contribution in [0.25, 0.3) is 0 Å². The van der Waals surface area contributed by atoms with Crippen LogP contribution in [0.5, 0.6) is 0 Å². The monoisotopic (exact) mass is 240 g/mol. The van der Waals surface area contributed by atoms with Gasteiger partial charge in [0.05, 0.1) is 18.5 Å². The van der Waals surface area contributed by atoms with E-state index in [9.17, 15) is 4.57 Å². The summed E-state index contributed by atoms with van der Waals surface area (Å²) in [4.78, 5) is 0. The normalized spacial score (nSPS) is 11.9. The summed E-state index contributed by atoms with van der Waals surface area (Å²) in [5, 5.41) is 0.369. The summed E-state index contributed by atoms with van der Waals surface area (Å²) in [6.45, 7) is 4.09. The van der Waals surface area contributed by atoms with E-state index in [4.69, 9.17) is 24.7 Å². The molecular formula is C8H11B2O3PS. The number of hydrogen-bond acceptors (Lipinski definition) is 4. The summed E-state index contributed by atoms with van der Waals surface area (Å²) in [6, 6.07) is 1.55. The van der Waals surface area contributed by atoms with Gasteiger partial charge in [-0.15, -0.1) is 0 Å². The van der Waals surface area contributed by atoms with E-state index in [0.29, 0.717) is 28.1 Å². The molecule has 0 aliphatic rings. The van der Waals surface area contributed by atoms with Crippen molar-refractivity contribution in [3.63, 3.8) is 0 Å². The molecule has 1 rings (SSSR count). The van der Waals surface area contributed by atoms with Gasteiger partial charge < -0.3 is 9.05 Å². The number of hydrogen-bond donors (Lipinski definition) is 0. The van der Waals surface area contributed by atoms with Crippen LogP contribution in [0.1, 0.15) is 13.8 Å². The number of thiophene rings is 1. The summed E-state index contributed by atoms with van der Waals surface area (Å²) >= 11 is 1.17. The van der Waals surface area contributed by atoms with Gasteiger partial charge in [-0.1, -0.05) is 0 Å². The van der Waals surface area contributed by atoms with E-state index >= 15 is 0 Å². The molecule has 1 heterocycles. The molecule has 4 radical (unpaired) electrons. The van der Waals surface area contributed by atoms with Crippen LogP contribution in [0, 0.1) is 0 Å². The first-order chi connectivity index (χ1) is 7.03.